The molecule has 2 atom stereocenters. The Morgan fingerprint density at radius 3 is 1.57 bits per heavy atom. The molecule has 7 nitrogen and oxygen atoms in total. The zero-order chi connectivity index (χ0) is 22.5. The Kier molecular flexibility index (Phi) is 7.21. The number of Topliss-reactive ketones (excluding diaryl/α,β-unsaturated/α-hetero) is 1. The minimum absolute atomic E-state index is 0.483. The van der Waals surface area contributed by atoms with E-state index >= 15 is 0 Å². The maximum atomic E-state index is 13.5. The number of hydrogen-bond donors (Lipinski definition) is 3. The van der Waals surface area contributed by atoms with Crippen LogP contribution in [0, 0.1) is 13.8 Å². The maximum Gasteiger partial charge on any atom is 0.408 e. The average Bonchev–Trinajstić information content (AvgIpc) is 2.64. The largest absolute Gasteiger partial charge is 0.465 e. The zero-order valence-electron chi connectivity index (χ0n) is 17.9. The molecule has 0 unspecified atom stereocenters. The standard InChI is InChI=1S/C23H28N2O5/c1-14-6-10-16(11-7-14)18(24-21(27)28)20(26)19(17-12-8-15(2)9-13-17)25-22(29)30-23(3,4)5/h6-13,18-19,24H,1-5H3,(H,25,29)(H,27,28)/t18-,19-/m1/s1. The van der Waals surface area contributed by atoms with Crippen LogP contribution >= 0.6 is 0 Å². The quantitative estimate of drug-likeness (QED) is 0.650. The van der Waals surface area contributed by atoms with E-state index in [0.29, 0.717) is 11.1 Å². The summed E-state index contributed by atoms with van der Waals surface area (Å²) in [6, 6.07) is 11.8. The molecular formula is C23H28N2O5. The van der Waals surface area contributed by atoms with Gasteiger partial charge in [0.15, 0.2) is 5.78 Å². The van der Waals surface area contributed by atoms with Crippen molar-refractivity contribution in [2.24, 2.45) is 0 Å². The van der Waals surface area contributed by atoms with E-state index in [9.17, 15) is 19.5 Å². The number of alkyl carbamates (subject to hydrolysis) is 1. The number of carboxylic acid groups (broad SMARTS) is 1. The van der Waals surface area contributed by atoms with Gasteiger partial charge in [-0.1, -0.05) is 59.7 Å². The molecule has 0 aliphatic rings. The van der Waals surface area contributed by atoms with Gasteiger partial charge in [0.1, 0.15) is 17.7 Å². The Bertz CT molecular complexity index is 899. The molecule has 0 radical (unpaired) electrons. The summed E-state index contributed by atoms with van der Waals surface area (Å²) >= 11 is 0. The van der Waals surface area contributed by atoms with Crippen molar-refractivity contribution in [1.82, 2.24) is 10.6 Å². The predicted octanol–water partition coefficient (Wildman–Crippen LogP) is 4.45. The summed E-state index contributed by atoms with van der Waals surface area (Å²) in [6.07, 6.45) is -2.10. The summed E-state index contributed by atoms with van der Waals surface area (Å²) in [5, 5.41) is 14.2. The summed E-state index contributed by atoms with van der Waals surface area (Å²) in [5.41, 5.74) is 2.22. The third-order valence-electron chi connectivity index (χ3n) is 4.32. The zero-order valence-corrected chi connectivity index (χ0v) is 17.9. The first-order valence-electron chi connectivity index (χ1n) is 9.62. The van der Waals surface area contributed by atoms with E-state index in [1.807, 2.05) is 26.0 Å². The smallest absolute Gasteiger partial charge is 0.408 e. The molecule has 2 aromatic rings. The molecule has 0 saturated carbocycles. The van der Waals surface area contributed by atoms with Crippen molar-refractivity contribution < 1.29 is 24.2 Å². The van der Waals surface area contributed by atoms with Gasteiger partial charge in [0.05, 0.1) is 0 Å². The van der Waals surface area contributed by atoms with Gasteiger partial charge in [-0.2, -0.15) is 0 Å². The number of carbonyl (C=O) groups is 3. The van der Waals surface area contributed by atoms with Crippen LogP contribution < -0.4 is 10.6 Å². The molecule has 0 aliphatic heterocycles. The van der Waals surface area contributed by atoms with Crippen molar-refractivity contribution in [2.75, 3.05) is 0 Å². The molecule has 0 spiro atoms. The lowest BCUT2D eigenvalue weighted by Crippen LogP contribution is -2.43. The van der Waals surface area contributed by atoms with Gasteiger partial charge in [-0.25, -0.2) is 9.59 Å². The lowest BCUT2D eigenvalue weighted by atomic mass is 9.92. The van der Waals surface area contributed by atoms with Crippen molar-refractivity contribution in [3.8, 4) is 0 Å². The van der Waals surface area contributed by atoms with Gasteiger partial charge in [-0.15, -0.1) is 0 Å². The van der Waals surface area contributed by atoms with Crippen molar-refractivity contribution in [3.05, 3.63) is 70.8 Å². The van der Waals surface area contributed by atoms with E-state index in [4.69, 9.17) is 4.74 Å². The summed E-state index contributed by atoms with van der Waals surface area (Å²) in [4.78, 5) is 37.3. The van der Waals surface area contributed by atoms with Crippen LogP contribution in [0.25, 0.3) is 0 Å². The van der Waals surface area contributed by atoms with E-state index < -0.39 is 35.7 Å². The van der Waals surface area contributed by atoms with Gasteiger partial charge < -0.3 is 20.5 Å². The molecule has 7 heteroatoms. The molecule has 0 saturated heterocycles. The molecule has 2 rings (SSSR count). The van der Waals surface area contributed by atoms with E-state index in [1.165, 1.54) is 0 Å². The second-order valence-corrected chi connectivity index (χ2v) is 8.19. The minimum atomic E-state index is -1.34. The van der Waals surface area contributed by atoms with Crippen LogP contribution in [0.3, 0.4) is 0 Å². The fourth-order valence-corrected chi connectivity index (χ4v) is 2.87. The van der Waals surface area contributed by atoms with Gasteiger partial charge >= 0.3 is 12.2 Å². The Labute approximate surface area is 176 Å². The molecule has 2 aromatic carbocycles. The monoisotopic (exact) mass is 412 g/mol. The van der Waals surface area contributed by atoms with Crippen LogP contribution in [0.15, 0.2) is 48.5 Å². The number of nitrogens with one attached hydrogen (secondary N) is 2. The number of rotatable bonds is 6. The first-order chi connectivity index (χ1) is 14.0. The van der Waals surface area contributed by atoms with Gasteiger partial charge in [0.2, 0.25) is 0 Å². The molecule has 30 heavy (non-hydrogen) atoms. The Balaban J connectivity index is 2.43. The van der Waals surface area contributed by atoms with Crippen LogP contribution in [-0.4, -0.2) is 28.7 Å². The molecule has 0 bridgehead atoms. The van der Waals surface area contributed by atoms with Gasteiger partial charge in [0, 0.05) is 0 Å². The van der Waals surface area contributed by atoms with Crippen LogP contribution in [0.2, 0.25) is 0 Å². The van der Waals surface area contributed by atoms with E-state index in [-0.39, 0.29) is 0 Å². The summed E-state index contributed by atoms with van der Waals surface area (Å²) < 4.78 is 5.31. The fraction of sp³-hybridized carbons (Fsp3) is 0.348. The van der Waals surface area contributed by atoms with Crippen LogP contribution in [0.5, 0.6) is 0 Å². The van der Waals surface area contributed by atoms with Gasteiger partial charge in [-0.3, -0.25) is 4.79 Å². The third kappa shape index (κ3) is 6.62. The second-order valence-electron chi connectivity index (χ2n) is 8.19. The number of aryl methyl sites for hydroxylation is 2. The van der Waals surface area contributed by atoms with E-state index in [2.05, 4.69) is 10.6 Å². The number of carbonyl (C=O) groups excluding carboxylic acids is 2. The Morgan fingerprint density at radius 1 is 0.800 bits per heavy atom. The highest BCUT2D eigenvalue weighted by Crippen LogP contribution is 2.25. The maximum absolute atomic E-state index is 13.5. The highest BCUT2D eigenvalue weighted by molar-refractivity contribution is 5.95. The fourth-order valence-electron chi connectivity index (χ4n) is 2.87. The van der Waals surface area contributed by atoms with Crippen molar-refractivity contribution in [1.29, 1.82) is 0 Å². The lowest BCUT2D eigenvalue weighted by molar-refractivity contribution is -0.123. The normalized spacial score (nSPS) is 13.1. The minimum Gasteiger partial charge on any atom is -0.465 e. The molecule has 160 valence electrons. The number of ketones is 1. The average molecular weight is 412 g/mol. The first kappa shape index (κ1) is 22.9. The Morgan fingerprint density at radius 2 is 1.20 bits per heavy atom. The topological polar surface area (TPSA) is 105 Å². The van der Waals surface area contributed by atoms with Crippen LogP contribution in [-0.2, 0) is 9.53 Å². The summed E-state index contributed by atoms with van der Waals surface area (Å²) in [6.45, 7) is 8.95. The molecule has 0 fully saturated rings. The van der Waals surface area contributed by atoms with Crippen LogP contribution in [0.4, 0.5) is 9.59 Å². The third-order valence-corrected chi connectivity index (χ3v) is 4.32. The SMILES string of the molecule is Cc1ccc([C@@H](NC(=O)O)C(=O)[C@H](NC(=O)OC(C)(C)C)c2ccc(C)cc2)cc1. The van der Waals surface area contributed by atoms with Crippen LogP contribution in [0.1, 0.15) is 55.1 Å². The highest BCUT2D eigenvalue weighted by Gasteiger charge is 2.33. The second kappa shape index (κ2) is 9.43. The summed E-state index contributed by atoms with van der Waals surface area (Å²) in [7, 11) is 0. The molecule has 0 aliphatic carbocycles. The number of amides is 2. The van der Waals surface area contributed by atoms with E-state index in [1.54, 1.807) is 57.2 Å². The predicted molar refractivity (Wildman–Crippen MR) is 113 cm³/mol. The molecule has 3 N–H and O–H groups in total. The van der Waals surface area contributed by atoms with Crippen molar-refractivity contribution >= 4 is 18.0 Å². The molecule has 0 aromatic heterocycles. The molecular weight excluding hydrogens is 384 g/mol. The molecule has 0 heterocycles. The lowest BCUT2D eigenvalue weighted by Gasteiger charge is -2.26. The van der Waals surface area contributed by atoms with Gasteiger partial charge in [-0.05, 0) is 45.7 Å². The number of benzene rings is 2. The summed E-state index contributed by atoms with van der Waals surface area (Å²) in [5.74, 6) is -0.518. The van der Waals surface area contributed by atoms with Crippen molar-refractivity contribution in [3.63, 3.8) is 0 Å². The Hall–Kier alpha value is -3.35. The van der Waals surface area contributed by atoms with Gasteiger partial charge in [0.25, 0.3) is 0 Å². The number of hydrogen-bond acceptors (Lipinski definition) is 4. The first-order valence-corrected chi connectivity index (χ1v) is 9.62. The highest BCUT2D eigenvalue weighted by atomic mass is 16.6. The molecule has 2 amide bonds. The van der Waals surface area contributed by atoms with E-state index in [0.717, 1.165) is 11.1 Å². The number of ether oxygens (including phenoxy) is 1. The van der Waals surface area contributed by atoms with Crippen molar-refractivity contribution in [2.45, 2.75) is 52.3 Å².